The average molecular weight is 447 g/mol. The quantitative estimate of drug-likeness (QED) is 0.374. The number of fused-ring (bicyclic) bond motifs is 3. The number of rotatable bonds is 10. The first-order valence-corrected chi connectivity index (χ1v) is 12.6. The van der Waals surface area contributed by atoms with Crippen molar-refractivity contribution in [3.63, 3.8) is 0 Å². The Morgan fingerprint density at radius 3 is 1.52 bits per heavy atom. The van der Waals surface area contributed by atoms with Crippen LogP contribution < -0.4 is 0 Å². The van der Waals surface area contributed by atoms with Crippen LogP contribution in [0.1, 0.15) is 72.1 Å². The van der Waals surface area contributed by atoms with Crippen molar-refractivity contribution in [2.24, 2.45) is 0 Å². The summed E-state index contributed by atoms with van der Waals surface area (Å²) in [6, 6.07) is 11.4. The molecule has 0 aliphatic carbocycles. The van der Waals surface area contributed by atoms with E-state index in [1.165, 1.54) is 51.9 Å². The van der Waals surface area contributed by atoms with Gasteiger partial charge in [0.15, 0.2) is 11.6 Å². The number of hydrogen-bond donors (Lipinski definition) is 0. The van der Waals surface area contributed by atoms with Crippen molar-refractivity contribution in [3.8, 4) is 0 Å². The molecule has 3 aromatic rings. The third kappa shape index (κ3) is 5.20. The van der Waals surface area contributed by atoms with Gasteiger partial charge in [-0.3, -0.25) is 9.59 Å². The summed E-state index contributed by atoms with van der Waals surface area (Å²) < 4.78 is 5.98. The second kappa shape index (κ2) is 10.2. The maximum Gasteiger partial charge on any atom is 0.162 e. The first kappa shape index (κ1) is 22.3. The molecule has 33 heavy (non-hydrogen) atoms. The van der Waals surface area contributed by atoms with Gasteiger partial charge in [-0.15, -0.1) is 0 Å². The zero-order chi connectivity index (χ0) is 22.6. The van der Waals surface area contributed by atoms with Crippen LogP contribution in [0.3, 0.4) is 0 Å². The summed E-state index contributed by atoms with van der Waals surface area (Å²) in [5, 5.41) is 1.84. The van der Waals surface area contributed by atoms with Crippen LogP contribution in [0.4, 0.5) is 0 Å². The smallest absolute Gasteiger partial charge is 0.162 e. The normalized spacial score (nSPS) is 17.5. The van der Waals surface area contributed by atoms with Crippen LogP contribution in [0.2, 0.25) is 0 Å². The zero-order valence-corrected chi connectivity index (χ0v) is 19.5. The Hall–Kier alpha value is -2.50. The van der Waals surface area contributed by atoms with Crippen LogP contribution in [0, 0.1) is 0 Å². The van der Waals surface area contributed by atoms with Crippen molar-refractivity contribution in [2.45, 2.75) is 51.4 Å². The van der Waals surface area contributed by atoms with E-state index < -0.39 is 0 Å². The standard InChI is InChI=1S/C28H34N2O3/c31-25(7-5-17-29-13-1-2-14-29)21-9-11-27-23(19-21)24-20-22(10-12-28(24)33-27)26(32)8-6-18-30-15-3-4-16-30/h9-12,19-20H,1-8,13-18H2. The van der Waals surface area contributed by atoms with Crippen molar-refractivity contribution in [1.29, 1.82) is 0 Å². The monoisotopic (exact) mass is 446 g/mol. The molecule has 0 unspecified atom stereocenters. The van der Waals surface area contributed by atoms with Gasteiger partial charge in [0.2, 0.25) is 0 Å². The molecule has 0 bridgehead atoms. The van der Waals surface area contributed by atoms with Gasteiger partial charge in [0, 0.05) is 34.7 Å². The van der Waals surface area contributed by atoms with Gasteiger partial charge < -0.3 is 14.2 Å². The molecule has 2 aliphatic heterocycles. The molecule has 0 radical (unpaired) electrons. The van der Waals surface area contributed by atoms with Gasteiger partial charge in [-0.2, -0.15) is 0 Å². The van der Waals surface area contributed by atoms with Crippen LogP contribution in [0.15, 0.2) is 40.8 Å². The average Bonchev–Trinajstić information content (AvgIpc) is 3.59. The molecular formula is C28H34N2O3. The Labute approximate surface area is 195 Å². The number of likely N-dealkylation sites (tertiary alicyclic amines) is 2. The predicted octanol–water partition coefficient (Wildman–Crippen LogP) is 5.70. The van der Waals surface area contributed by atoms with Gasteiger partial charge in [-0.25, -0.2) is 0 Å². The van der Waals surface area contributed by atoms with Crippen molar-refractivity contribution < 1.29 is 14.0 Å². The molecule has 5 rings (SSSR count). The predicted molar refractivity (Wildman–Crippen MR) is 132 cm³/mol. The molecule has 5 heteroatoms. The van der Waals surface area contributed by atoms with Crippen LogP contribution in [-0.4, -0.2) is 60.6 Å². The number of furan rings is 1. The SMILES string of the molecule is O=C(CCCN1CCCC1)c1ccc2oc3ccc(C(=O)CCCN4CCCC4)cc3c2c1. The minimum Gasteiger partial charge on any atom is -0.456 e. The lowest BCUT2D eigenvalue weighted by molar-refractivity contribution is 0.0968. The van der Waals surface area contributed by atoms with Crippen molar-refractivity contribution in [2.75, 3.05) is 39.3 Å². The van der Waals surface area contributed by atoms with E-state index in [1.807, 2.05) is 36.4 Å². The van der Waals surface area contributed by atoms with Gasteiger partial charge in [-0.05, 0) is 114 Å². The minimum absolute atomic E-state index is 0.180. The molecule has 2 saturated heterocycles. The highest BCUT2D eigenvalue weighted by molar-refractivity contribution is 6.10. The highest BCUT2D eigenvalue weighted by Crippen LogP contribution is 2.31. The number of Topliss-reactive ketones (excluding diaryl/α,β-unsaturated/α-hetero) is 2. The summed E-state index contributed by atoms with van der Waals surface area (Å²) >= 11 is 0. The summed E-state index contributed by atoms with van der Waals surface area (Å²) in [6.45, 7) is 6.68. The lowest BCUT2D eigenvalue weighted by atomic mass is 10.0. The first-order valence-electron chi connectivity index (χ1n) is 12.6. The second-order valence-corrected chi connectivity index (χ2v) is 9.67. The van der Waals surface area contributed by atoms with Crippen LogP contribution in [-0.2, 0) is 0 Å². The Morgan fingerprint density at radius 1 is 0.667 bits per heavy atom. The molecule has 174 valence electrons. The van der Waals surface area contributed by atoms with E-state index in [9.17, 15) is 9.59 Å². The molecular weight excluding hydrogens is 412 g/mol. The van der Waals surface area contributed by atoms with Gasteiger partial charge in [0.25, 0.3) is 0 Å². The fourth-order valence-electron chi connectivity index (χ4n) is 5.35. The van der Waals surface area contributed by atoms with Crippen molar-refractivity contribution in [1.82, 2.24) is 9.80 Å². The summed E-state index contributed by atoms with van der Waals surface area (Å²) in [4.78, 5) is 30.5. The number of carbonyl (C=O) groups excluding carboxylic acids is 2. The molecule has 2 aliphatic rings. The third-order valence-corrected chi connectivity index (χ3v) is 7.27. The molecule has 1 aromatic heterocycles. The number of hydrogen-bond acceptors (Lipinski definition) is 5. The van der Waals surface area contributed by atoms with E-state index in [1.54, 1.807) is 0 Å². The first-order chi connectivity index (χ1) is 16.2. The van der Waals surface area contributed by atoms with Crippen LogP contribution in [0.25, 0.3) is 21.9 Å². The van der Waals surface area contributed by atoms with Gasteiger partial charge in [-0.1, -0.05) is 0 Å². The summed E-state index contributed by atoms with van der Waals surface area (Å²) in [5.41, 5.74) is 2.98. The highest BCUT2D eigenvalue weighted by Gasteiger charge is 2.16. The van der Waals surface area contributed by atoms with Crippen molar-refractivity contribution in [3.05, 3.63) is 47.5 Å². The summed E-state index contributed by atoms with van der Waals surface area (Å²) in [6.07, 6.45) is 8.06. The fourth-order valence-corrected chi connectivity index (χ4v) is 5.35. The summed E-state index contributed by atoms with van der Waals surface area (Å²) in [5.74, 6) is 0.360. The molecule has 0 atom stereocenters. The largest absolute Gasteiger partial charge is 0.456 e. The Balaban J connectivity index is 1.27. The van der Waals surface area contributed by atoms with E-state index in [0.717, 1.165) is 59.0 Å². The lowest BCUT2D eigenvalue weighted by Gasteiger charge is -2.13. The van der Waals surface area contributed by atoms with E-state index in [2.05, 4.69) is 9.80 Å². The van der Waals surface area contributed by atoms with E-state index in [-0.39, 0.29) is 11.6 Å². The van der Waals surface area contributed by atoms with Crippen LogP contribution in [0.5, 0.6) is 0 Å². The van der Waals surface area contributed by atoms with E-state index >= 15 is 0 Å². The molecule has 5 nitrogen and oxygen atoms in total. The van der Waals surface area contributed by atoms with Gasteiger partial charge >= 0.3 is 0 Å². The zero-order valence-electron chi connectivity index (χ0n) is 19.5. The number of nitrogens with zero attached hydrogens (tertiary/aromatic N) is 2. The fraction of sp³-hybridized carbons (Fsp3) is 0.500. The third-order valence-electron chi connectivity index (χ3n) is 7.27. The number of benzene rings is 2. The highest BCUT2D eigenvalue weighted by atomic mass is 16.3. The molecule has 3 heterocycles. The second-order valence-electron chi connectivity index (χ2n) is 9.67. The molecule has 0 saturated carbocycles. The number of carbonyl (C=O) groups is 2. The molecule has 0 N–H and O–H groups in total. The number of ketones is 2. The van der Waals surface area contributed by atoms with E-state index in [4.69, 9.17) is 4.42 Å². The molecule has 2 fully saturated rings. The Kier molecular flexibility index (Phi) is 6.88. The maximum absolute atomic E-state index is 12.8. The van der Waals surface area contributed by atoms with Crippen molar-refractivity contribution >= 4 is 33.5 Å². The topological polar surface area (TPSA) is 53.8 Å². The molecule has 2 aromatic carbocycles. The Bertz CT molecular complexity index is 1050. The minimum atomic E-state index is 0.180. The molecule has 0 amide bonds. The van der Waals surface area contributed by atoms with Crippen LogP contribution >= 0.6 is 0 Å². The lowest BCUT2D eigenvalue weighted by Crippen LogP contribution is -2.21. The molecule has 0 spiro atoms. The van der Waals surface area contributed by atoms with Gasteiger partial charge in [0.05, 0.1) is 0 Å². The summed E-state index contributed by atoms with van der Waals surface area (Å²) in [7, 11) is 0. The Morgan fingerprint density at radius 2 is 1.09 bits per heavy atom. The van der Waals surface area contributed by atoms with E-state index in [0.29, 0.717) is 12.8 Å². The maximum atomic E-state index is 12.8. The van der Waals surface area contributed by atoms with Gasteiger partial charge in [0.1, 0.15) is 11.2 Å².